The minimum absolute atomic E-state index is 0.0968. The molecule has 0 radical (unpaired) electrons. The number of nitrogens with one attached hydrogen (secondary N) is 1. The largest absolute Gasteiger partial charge is 0.486 e. The Morgan fingerprint density at radius 1 is 1.25 bits per heavy atom. The first kappa shape index (κ1) is 15.0. The van der Waals surface area contributed by atoms with Crippen LogP contribution in [0.2, 0.25) is 0 Å². The Kier molecular flexibility index (Phi) is 4.78. The maximum absolute atomic E-state index is 5.91. The molecular weight excluding hydrogens is 268 g/mol. The smallest absolute Gasteiger partial charge is 0.140 e. The lowest BCUT2D eigenvalue weighted by Gasteiger charge is -2.21. The summed E-state index contributed by atoms with van der Waals surface area (Å²) < 4.78 is 5.91. The van der Waals surface area contributed by atoms with Crippen molar-refractivity contribution in [1.82, 2.24) is 10.3 Å². The maximum Gasteiger partial charge on any atom is 0.140 e. The van der Waals surface area contributed by atoms with E-state index in [0.717, 1.165) is 23.0 Å². The van der Waals surface area contributed by atoms with Crippen LogP contribution >= 0.6 is 11.3 Å². The molecule has 1 N–H and O–H groups in total. The number of aryl methyl sites for hydroxylation is 1. The zero-order valence-electron chi connectivity index (χ0n) is 12.6. The number of hydrogen-bond acceptors (Lipinski definition) is 4. The SMILES string of the molecule is Cc1csc(COc2ccccc2CNC(C)(C)C)n1. The van der Waals surface area contributed by atoms with Crippen molar-refractivity contribution < 1.29 is 4.74 Å². The fourth-order valence-electron chi connectivity index (χ4n) is 1.76. The number of nitrogens with zero attached hydrogens (tertiary/aromatic N) is 1. The molecule has 2 aromatic rings. The Hall–Kier alpha value is -1.39. The predicted molar refractivity (Wildman–Crippen MR) is 84.2 cm³/mol. The van der Waals surface area contributed by atoms with Crippen molar-refractivity contribution >= 4 is 11.3 Å². The van der Waals surface area contributed by atoms with E-state index >= 15 is 0 Å². The minimum atomic E-state index is 0.0968. The maximum atomic E-state index is 5.91. The third-order valence-corrected chi connectivity index (χ3v) is 3.74. The monoisotopic (exact) mass is 290 g/mol. The van der Waals surface area contributed by atoms with Crippen molar-refractivity contribution in [2.75, 3.05) is 0 Å². The van der Waals surface area contributed by atoms with E-state index < -0.39 is 0 Å². The van der Waals surface area contributed by atoms with E-state index in [2.05, 4.69) is 37.1 Å². The molecule has 0 fully saturated rings. The van der Waals surface area contributed by atoms with Crippen molar-refractivity contribution in [1.29, 1.82) is 0 Å². The fraction of sp³-hybridized carbons (Fsp3) is 0.438. The molecule has 4 heteroatoms. The zero-order valence-corrected chi connectivity index (χ0v) is 13.4. The lowest BCUT2D eigenvalue weighted by Crippen LogP contribution is -2.35. The molecule has 2 rings (SSSR count). The van der Waals surface area contributed by atoms with Crippen LogP contribution in [0.5, 0.6) is 5.75 Å². The zero-order chi connectivity index (χ0) is 14.6. The lowest BCUT2D eigenvalue weighted by molar-refractivity contribution is 0.299. The Bertz CT molecular complexity index is 558. The molecule has 0 saturated heterocycles. The van der Waals surface area contributed by atoms with Gasteiger partial charge in [0.15, 0.2) is 0 Å². The number of para-hydroxylation sites is 1. The standard InChI is InChI=1S/C16H22N2OS/c1-12-11-20-15(18-12)10-19-14-8-6-5-7-13(14)9-17-16(2,3)4/h5-8,11,17H,9-10H2,1-4H3. The predicted octanol–water partition coefficient (Wildman–Crippen LogP) is 3.92. The number of rotatable bonds is 5. The molecule has 0 atom stereocenters. The van der Waals surface area contributed by atoms with Crippen LogP contribution in [-0.2, 0) is 13.2 Å². The van der Waals surface area contributed by atoms with E-state index in [4.69, 9.17) is 4.74 Å². The molecular formula is C16H22N2OS. The summed E-state index contributed by atoms with van der Waals surface area (Å²) in [6.45, 7) is 9.82. The molecule has 108 valence electrons. The van der Waals surface area contributed by atoms with E-state index in [1.165, 1.54) is 5.56 Å². The summed E-state index contributed by atoms with van der Waals surface area (Å²) in [6, 6.07) is 8.16. The van der Waals surface area contributed by atoms with E-state index in [0.29, 0.717) is 6.61 Å². The summed E-state index contributed by atoms with van der Waals surface area (Å²) in [4.78, 5) is 4.42. The van der Waals surface area contributed by atoms with Crippen molar-refractivity contribution in [3.8, 4) is 5.75 Å². The average Bonchev–Trinajstić information content (AvgIpc) is 2.80. The van der Waals surface area contributed by atoms with Gasteiger partial charge in [-0.1, -0.05) is 18.2 Å². The van der Waals surface area contributed by atoms with Crippen LogP contribution in [0, 0.1) is 6.92 Å². The molecule has 0 saturated carbocycles. The van der Waals surface area contributed by atoms with Crippen LogP contribution < -0.4 is 10.1 Å². The first-order valence-corrected chi connectivity index (χ1v) is 7.69. The number of ether oxygens (including phenoxy) is 1. The Morgan fingerprint density at radius 2 is 2.00 bits per heavy atom. The highest BCUT2D eigenvalue weighted by molar-refractivity contribution is 7.09. The van der Waals surface area contributed by atoms with Gasteiger partial charge < -0.3 is 10.1 Å². The van der Waals surface area contributed by atoms with Gasteiger partial charge in [-0.2, -0.15) is 0 Å². The van der Waals surface area contributed by atoms with E-state index in [1.54, 1.807) is 11.3 Å². The van der Waals surface area contributed by atoms with Crippen molar-refractivity contribution in [3.05, 3.63) is 45.9 Å². The molecule has 0 unspecified atom stereocenters. The second kappa shape index (κ2) is 6.37. The van der Waals surface area contributed by atoms with Gasteiger partial charge in [0, 0.05) is 28.7 Å². The number of benzene rings is 1. The quantitative estimate of drug-likeness (QED) is 0.906. The third-order valence-electron chi connectivity index (χ3n) is 2.80. The summed E-state index contributed by atoms with van der Waals surface area (Å²) in [5.74, 6) is 0.928. The van der Waals surface area contributed by atoms with Crippen LogP contribution in [-0.4, -0.2) is 10.5 Å². The molecule has 1 heterocycles. The molecule has 0 amide bonds. The second-order valence-electron chi connectivity index (χ2n) is 5.88. The van der Waals surface area contributed by atoms with Gasteiger partial charge >= 0.3 is 0 Å². The highest BCUT2D eigenvalue weighted by atomic mass is 32.1. The molecule has 0 aliphatic rings. The van der Waals surface area contributed by atoms with Gasteiger partial charge in [-0.25, -0.2) is 4.98 Å². The molecule has 3 nitrogen and oxygen atoms in total. The summed E-state index contributed by atoms with van der Waals surface area (Å²) in [6.07, 6.45) is 0. The lowest BCUT2D eigenvalue weighted by atomic mass is 10.1. The molecule has 20 heavy (non-hydrogen) atoms. The van der Waals surface area contributed by atoms with Gasteiger partial charge in [0.1, 0.15) is 17.4 Å². The van der Waals surface area contributed by atoms with E-state index in [-0.39, 0.29) is 5.54 Å². The summed E-state index contributed by atoms with van der Waals surface area (Å²) in [5.41, 5.74) is 2.33. The van der Waals surface area contributed by atoms with Gasteiger partial charge in [0.05, 0.1) is 0 Å². The molecule has 1 aromatic heterocycles. The number of thiazole rings is 1. The topological polar surface area (TPSA) is 34.1 Å². The first-order valence-electron chi connectivity index (χ1n) is 6.81. The van der Waals surface area contributed by atoms with Gasteiger partial charge in [-0.3, -0.25) is 0 Å². The minimum Gasteiger partial charge on any atom is -0.486 e. The first-order chi connectivity index (χ1) is 9.44. The van der Waals surface area contributed by atoms with Gasteiger partial charge in [-0.15, -0.1) is 11.3 Å². The molecule has 0 aliphatic carbocycles. The van der Waals surface area contributed by atoms with E-state index in [9.17, 15) is 0 Å². The summed E-state index contributed by atoms with van der Waals surface area (Å²) in [7, 11) is 0. The number of aromatic nitrogens is 1. The van der Waals surface area contributed by atoms with Gasteiger partial charge in [0.2, 0.25) is 0 Å². The third kappa shape index (κ3) is 4.62. The average molecular weight is 290 g/mol. The highest BCUT2D eigenvalue weighted by Crippen LogP contribution is 2.21. The Morgan fingerprint density at radius 3 is 2.65 bits per heavy atom. The molecule has 0 aliphatic heterocycles. The normalized spacial score (nSPS) is 11.6. The summed E-state index contributed by atoms with van der Waals surface area (Å²) >= 11 is 1.64. The second-order valence-corrected chi connectivity index (χ2v) is 6.83. The van der Waals surface area contributed by atoms with E-state index in [1.807, 2.05) is 30.5 Å². The number of hydrogen-bond donors (Lipinski definition) is 1. The van der Waals surface area contributed by atoms with Crippen LogP contribution in [0.3, 0.4) is 0 Å². The van der Waals surface area contributed by atoms with Crippen molar-refractivity contribution in [2.24, 2.45) is 0 Å². The van der Waals surface area contributed by atoms with Crippen LogP contribution in [0.15, 0.2) is 29.6 Å². The summed E-state index contributed by atoms with van der Waals surface area (Å²) in [5, 5.41) is 6.55. The Labute approximate surface area is 125 Å². The molecule has 1 aromatic carbocycles. The highest BCUT2D eigenvalue weighted by Gasteiger charge is 2.11. The van der Waals surface area contributed by atoms with Crippen molar-refractivity contribution in [2.45, 2.75) is 46.4 Å². The molecule has 0 bridgehead atoms. The fourth-order valence-corrected chi connectivity index (χ4v) is 2.44. The molecule has 0 spiro atoms. The van der Waals surface area contributed by atoms with Gasteiger partial charge in [0.25, 0.3) is 0 Å². The van der Waals surface area contributed by atoms with Crippen LogP contribution in [0.1, 0.15) is 37.0 Å². The van der Waals surface area contributed by atoms with Gasteiger partial charge in [-0.05, 0) is 33.8 Å². The van der Waals surface area contributed by atoms with Crippen molar-refractivity contribution in [3.63, 3.8) is 0 Å². The van der Waals surface area contributed by atoms with Crippen LogP contribution in [0.25, 0.3) is 0 Å². The Balaban J connectivity index is 2.00. The van der Waals surface area contributed by atoms with Crippen LogP contribution in [0.4, 0.5) is 0 Å².